The molecule has 1 atom stereocenters. The molecule has 98 valence electrons. The van der Waals surface area contributed by atoms with Gasteiger partial charge in [0.1, 0.15) is 0 Å². The highest BCUT2D eigenvalue weighted by molar-refractivity contribution is 5.74. The number of ether oxygens (including phenoxy) is 2. The monoisotopic (exact) mass is 249 g/mol. The van der Waals surface area contributed by atoms with Crippen LogP contribution in [0.15, 0.2) is 24.3 Å². The molecule has 1 aliphatic heterocycles. The molecule has 0 aliphatic carbocycles. The fraction of sp³-hybridized carbons (Fsp3) is 0.500. The maximum atomic E-state index is 11.4. The van der Waals surface area contributed by atoms with Gasteiger partial charge in [-0.05, 0) is 12.5 Å². The van der Waals surface area contributed by atoms with Crippen LogP contribution in [0.2, 0.25) is 0 Å². The molecule has 0 bridgehead atoms. The first-order chi connectivity index (χ1) is 8.69. The Labute approximate surface area is 107 Å². The predicted octanol–water partition coefficient (Wildman–Crippen LogP) is 1.37. The minimum Gasteiger partial charge on any atom is -0.467 e. The van der Waals surface area contributed by atoms with E-state index in [1.54, 1.807) is 0 Å². The molecule has 4 heteroatoms. The number of carbonyl (C=O) groups is 1. The van der Waals surface area contributed by atoms with E-state index >= 15 is 0 Å². The highest BCUT2D eigenvalue weighted by Gasteiger charge is 2.27. The molecule has 0 amide bonds. The smallest absolute Gasteiger partial charge is 0.336 e. The van der Waals surface area contributed by atoms with E-state index in [-0.39, 0.29) is 5.97 Å². The lowest BCUT2D eigenvalue weighted by atomic mass is 10.1. The Kier molecular flexibility index (Phi) is 4.33. The van der Waals surface area contributed by atoms with Gasteiger partial charge in [-0.3, -0.25) is 4.90 Å². The molecule has 1 heterocycles. The number of morpholine rings is 1. The Morgan fingerprint density at radius 2 is 2.17 bits per heavy atom. The topological polar surface area (TPSA) is 38.8 Å². The summed E-state index contributed by atoms with van der Waals surface area (Å²) < 4.78 is 10.1. The average molecular weight is 249 g/mol. The lowest BCUT2D eigenvalue weighted by Crippen LogP contribution is -2.46. The van der Waals surface area contributed by atoms with Crippen LogP contribution in [0, 0.1) is 6.92 Å². The van der Waals surface area contributed by atoms with E-state index < -0.39 is 6.10 Å². The summed E-state index contributed by atoms with van der Waals surface area (Å²) in [6, 6.07) is 8.46. The molecule has 0 spiro atoms. The first kappa shape index (κ1) is 13.1. The number of rotatable bonds is 3. The largest absolute Gasteiger partial charge is 0.467 e. The van der Waals surface area contributed by atoms with E-state index in [2.05, 4.69) is 36.1 Å². The lowest BCUT2D eigenvalue weighted by molar-refractivity contribution is -0.160. The summed E-state index contributed by atoms with van der Waals surface area (Å²) in [5, 5.41) is 0. The Morgan fingerprint density at radius 1 is 1.44 bits per heavy atom. The average Bonchev–Trinajstić information content (AvgIpc) is 2.41. The predicted molar refractivity (Wildman–Crippen MR) is 68.2 cm³/mol. The van der Waals surface area contributed by atoms with Crippen LogP contribution in [0.25, 0.3) is 0 Å². The van der Waals surface area contributed by atoms with Crippen LogP contribution in [0.3, 0.4) is 0 Å². The van der Waals surface area contributed by atoms with Gasteiger partial charge < -0.3 is 9.47 Å². The SMILES string of the molecule is COC(=O)C1CN(Cc2ccc(C)cc2)CCO1. The second-order valence-corrected chi connectivity index (χ2v) is 4.60. The van der Waals surface area contributed by atoms with E-state index in [9.17, 15) is 4.79 Å². The number of carbonyl (C=O) groups excluding carboxylic acids is 1. The van der Waals surface area contributed by atoms with Gasteiger partial charge in [-0.2, -0.15) is 0 Å². The van der Waals surface area contributed by atoms with Crippen molar-refractivity contribution in [1.82, 2.24) is 4.90 Å². The van der Waals surface area contributed by atoms with Crippen molar-refractivity contribution in [1.29, 1.82) is 0 Å². The maximum absolute atomic E-state index is 11.4. The van der Waals surface area contributed by atoms with Gasteiger partial charge in [-0.1, -0.05) is 29.8 Å². The second-order valence-electron chi connectivity index (χ2n) is 4.60. The van der Waals surface area contributed by atoms with Crippen molar-refractivity contribution in [3.63, 3.8) is 0 Å². The third kappa shape index (κ3) is 3.31. The summed E-state index contributed by atoms with van der Waals surface area (Å²) in [6.07, 6.45) is -0.450. The molecule has 1 aromatic carbocycles. The van der Waals surface area contributed by atoms with E-state index in [1.807, 2.05) is 0 Å². The molecule has 0 N–H and O–H groups in total. The molecule has 1 saturated heterocycles. The Morgan fingerprint density at radius 3 is 2.83 bits per heavy atom. The molecule has 4 nitrogen and oxygen atoms in total. The quantitative estimate of drug-likeness (QED) is 0.758. The zero-order valence-electron chi connectivity index (χ0n) is 10.9. The summed E-state index contributed by atoms with van der Waals surface area (Å²) in [4.78, 5) is 13.7. The molecule has 1 fully saturated rings. The lowest BCUT2D eigenvalue weighted by Gasteiger charge is -2.31. The third-order valence-corrected chi connectivity index (χ3v) is 3.14. The van der Waals surface area contributed by atoms with Gasteiger partial charge in [0.25, 0.3) is 0 Å². The van der Waals surface area contributed by atoms with Crippen LogP contribution in [-0.2, 0) is 20.8 Å². The van der Waals surface area contributed by atoms with Crippen molar-refractivity contribution < 1.29 is 14.3 Å². The van der Waals surface area contributed by atoms with E-state index in [0.29, 0.717) is 13.2 Å². The molecule has 0 radical (unpaired) electrons. The highest BCUT2D eigenvalue weighted by atomic mass is 16.6. The van der Waals surface area contributed by atoms with Crippen molar-refractivity contribution in [3.05, 3.63) is 35.4 Å². The van der Waals surface area contributed by atoms with Gasteiger partial charge in [-0.15, -0.1) is 0 Å². The van der Waals surface area contributed by atoms with E-state index in [4.69, 9.17) is 9.47 Å². The van der Waals surface area contributed by atoms with Crippen LogP contribution >= 0.6 is 0 Å². The summed E-state index contributed by atoms with van der Waals surface area (Å²) in [6.45, 7) is 4.94. The van der Waals surface area contributed by atoms with Crippen molar-refractivity contribution >= 4 is 5.97 Å². The molecule has 1 aliphatic rings. The summed E-state index contributed by atoms with van der Waals surface area (Å²) in [5.74, 6) is -0.288. The number of esters is 1. The van der Waals surface area contributed by atoms with E-state index in [0.717, 1.165) is 13.1 Å². The molecule has 2 rings (SSSR count). The van der Waals surface area contributed by atoms with Gasteiger partial charge in [-0.25, -0.2) is 4.79 Å². The van der Waals surface area contributed by atoms with E-state index in [1.165, 1.54) is 18.2 Å². The Bertz CT molecular complexity index is 402. The summed E-state index contributed by atoms with van der Waals surface area (Å²) in [5.41, 5.74) is 2.51. The van der Waals surface area contributed by atoms with Gasteiger partial charge in [0.05, 0.1) is 13.7 Å². The molecular weight excluding hydrogens is 230 g/mol. The standard InChI is InChI=1S/C14H19NO3/c1-11-3-5-12(6-4-11)9-15-7-8-18-13(10-15)14(16)17-2/h3-6,13H,7-10H2,1-2H3. The summed E-state index contributed by atoms with van der Waals surface area (Å²) in [7, 11) is 1.39. The van der Waals surface area contributed by atoms with Crippen molar-refractivity contribution in [2.45, 2.75) is 19.6 Å². The maximum Gasteiger partial charge on any atom is 0.336 e. The van der Waals surface area contributed by atoms with Crippen LogP contribution in [0.1, 0.15) is 11.1 Å². The van der Waals surface area contributed by atoms with Crippen molar-refractivity contribution in [3.8, 4) is 0 Å². The molecular formula is C14H19NO3. The first-order valence-corrected chi connectivity index (χ1v) is 6.16. The van der Waals surface area contributed by atoms with Crippen LogP contribution in [-0.4, -0.2) is 43.8 Å². The van der Waals surface area contributed by atoms with Gasteiger partial charge in [0.15, 0.2) is 6.10 Å². The number of benzene rings is 1. The zero-order valence-corrected chi connectivity index (χ0v) is 10.9. The van der Waals surface area contributed by atoms with Crippen LogP contribution in [0.5, 0.6) is 0 Å². The second kappa shape index (κ2) is 5.98. The van der Waals surface area contributed by atoms with Gasteiger partial charge >= 0.3 is 5.97 Å². The zero-order chi connectivity index (χ0) is 13.0. The molecule has 1 aromatic rings. The van der Waals surface area contributed by atoms with Gasteiger partial charge in [0.2, 0.25) is 0 Å². The fourth-order valence-electron chi connectivity index (χ4n) is 2.07. The number of methoxy groups -OCH3 is 1. The Balaban J connectivity index is 1.93. The minimum absolute atomic E-state index is 0.288. The number of nitrogens with zero attached hydrogens (tertiary/aromatic N) is 1. The molecule has 1 unspecified atom stereocenters. The minimum atomic E-state index is -0.450. The summed E-state index contributed by atoms with van der Waals surface area (Å²) >= 11 is 0. The normalized spacial score (nSPS) is 20.7. The first-order valence-electron chi connectivity index (χ1n) is 6.16. The van der Waals surface area contributed by atoms with Crippen molar-refractivity contribution in [2.24, 2.45) is 0 Å². The van der Waals surface area contributed by atoms with Gasteiger partial charge in [0, 0.05) is 19.6 Å². The Hall–Kier alpha value is -1.39. The fourth-order valence-corrected chi connectivity index (χ4v) is 2.07. The van der Waals surface area contributed by atoms with Crippen LogP contribution in [0.4, 0.5) is 0 Å². The third-order valence-electron chi connectivity index (χ3n) is 3.14. The number of aryl methyl sites for hydroxylation is 1. The molecule has 0 saturated carbocycles. The van der Waals surface area contributed by atoms with Crippen LogP contribution < -0.4 is 0 Å². The number of hydrogen-bond donors (Lipinski definition) is 0. The van der Waals surface area contributed by atoms with Crippen molar-refractivity contribution in [2.75, 3.05) is 26.8 Å². The number of hydrogen-bond acceptors (Lipinski definition) is 4. The molecule has 18 heavy (non-hydrogen) atoms. The molecule has 0 aromatic heterocycles. The highest BCUT2D eigenvalue weighted by Crippen LogP contribution is 2.12.